The predicted octanol–water partition coefficient (Wildman–Crippen LogP) is 5.56. The number of ketones is 1. The van der Waals surface area contributed by atoms with E-state index in [1.807, 2.05) is 38.1 Å². The highest BCUT2D eigenvalue weighted by molar-refractivity contribution is 6.10. The van der Waals surface area contributed by atoms with Crippen molar-refractivity contribution in [3.8, 4) is 28.4 Å². The van der Waals surface area contributed by atoms with Crippen molar-refractivity contribution in [3.05, 3.63) is 71.8 Å². The van der Waals surface area contributed by atoms with Gasteiger partial charge in [-0.05, 0) is 48.9 Å². The lowest BCUT2D eigenvalue weighted by molar-refractivity contribution is 0.101. The van der Waals surface area contributed by atoms with Gasteiger partial charge in [-0.2, -0.15) is 0 Å². The second kappa shape index (κ2) is 10.8. The third-order valence-corrected chi connectivity index (χ3v) is 4.51. The monoisotopic (exact) mass is 421 g/mol. The number of nitrogens with one attached hydrogen (secondary N) is 1. The Morgan fingerprint density at radius 1 is 0.871 bits per heavy atom. The van der Waals surface area contributed by atoms with Crippen molar-refractivity contribution in [3.63, 3.8) is 0 Å². The first kappa shape index (κ1) is 23.5. The van der Waals surface area contributed by atoms with E-state index in [4.69, 9.17) is 9.47 Å². The minimum atomic E-state index is -0.555. The van der Waals surface area contributed by atoms with Crippen molar-refractivity contribution in [1.82, 2.24) is 0 Å². The largest absolute Gasteiger partial charge is 0.507 e. The van der Waals surface area contributed by atoms with Crippen LogP contribution in [0.4, 0.5) is 5.69 Å². The van der Waals surface area contributed by atoms with Crippen LogP contribution in [-0.4, -0.2) is 31.0 Å². The highest BCUT2D eigenvalue weighted by Gasteiger charge is 2.17. The van der Waals surface area contributed by atoms with Gasteiger partial charge in [-0.3, -0.25) is 9.59 Å². The molecule has 1 amide bonds. The Hall–Kier alpha value is -3.80. The summed E-state index contributed by atoms with van der Waals surface area (Å²) >= 11 is 0. The van der Waals surface area contributed by atoms with E-state index in [2.05, 4.69) is 5.32 Å². The molecule has 0 aliphatic heterocycles. The average Bonchev–Trinajstić information content (AvgIpc) is 2.80. The predicted molar refractivity (Wildman–Crippen MR) is 122 cm³/mol. The Labute approximate surface area is 182 Å². The number of phenolic OH excluding ortho intramolecular Hbond substituents is 1. The number of methoxy groups -OCH3 is 2. The van der Waals surface area contributed by atoms with Gasteiger partial charge in [0.2, 0.25) is 0 Å². The van der Waals surface area contributed by atoms with E-state index in [-0.39, 0.29) is 17.1 Å². The van der Waals surface area contributed by atoms with Crippen LogP contribution in [0.15, 0.2) is 60.7 Å². The van der Waals surface area contributed by atoms with E-state index < -0.39 is 5.91 Å². The van der Waals surface area contributed by atoms with Gasteiger partial charge >= 0.3 is 0 Å². The normalized spacial score (nSPS) is 9.84. The van der Waals surface area contributed by atoms with Gasteiger partial charge in [0.1, 0.15) is 17.2 Å². The Bertz CT molecular complexity index is 1080. The summed E-state index contributed by atoms with van der Waals surface area (Å²) < 4.78 is 10.5. The van der Waals surface area contributed by atoms with Crippen LogP contribution in [-0.2, 0) is 0 Å². The molecule has 3 aromatic carbocycles. The Kier molecular flexibility index (Phi) is 8.20. The van der Waals surface area contributed by atoms with E-state index in [0.717, 1.165) is 11.1 Å². The fourth-order valence-corrected chi connectivity index (χ4v) is 3.02. The Morgan fingerprint density at radius 3 is 2.23 bits per heavy atom. The number of carbonyl (C=O) groups excluding carboxylic acids is 2. The number of aromatic hydroxyl groups is 1. The van der Waals surface area contributed by atoms with Gasteiger partial charge in [-0.1, -0.05) is 38.1 Å². The molecular weight excluding hydrogens is 394 g/mol. The molecule has 31 heavy (non-hydrogen) atoms. The molecule has 162 valence electrons. The second-order valence-corrected chi connectivity index (χ2v) is 6.35. The van der Waals surface area contributed by atoms with E-state index >= 15 is 0 Å². The number of para-hydroxylation sites is 1. The molecule has 0 heterocycles. The van der Waals surface area contributed by atoms with Crippen LogP contribution in [0.3, 0.4) is 0 Å². The topological polar surface area (TPSA) is 84.9 Å². The summed E-state index contributed by atoms with van der Waals surface area (Å²) in [6.45, 7) is 5.43. The van der Waals surface area contributed by atoms with Crippen molar-refractivity contribution < 1.29 is 24.2 Å². The molecule has 2 N–H and O–H groups in total. The number of benzene rings is 3. The number of rotatable bonds is 6. The number of Topliss-reactive ketones (excluding diaryl/α,β-unsaturated/α-hetero) is 1. The quantitative estimate of drug-likeness (QED) is 0.509. The van der Waals surface area contributed by atoms with Crippen molar-refractivity contribution in [2.24, 2.45) is 0 Å². The summed E-state index contributed by atoms with van der Waals surface area (Å²) in [5.74, 6) is 0.171. The maximum absolute atomic E-state index is 12.8. The van der Waals surface area contributed by atoms with Crippen LogP contribution in [0.5, 0.6) is 17.2 Å². The summed E-state index contributed by atoms with van der Waals surface area (Å²) in [6.07, 6.45) is 0. The average molecular weight is 421 g/mol. The molecule has 3 rings (SSSR count). The van der Waals surface area contributed by atoms with Gasteiger partial charge in [0.25, 0.3) is 5.91 Å². The van der Waals surface area contributed by atoms with Crippen molar-refractivity contribution in [1.29, 1.82) is 0 Å². The van der Waals surface area contributed by atoms with Crippen LogP contribution in [0.25, 0.3) is 11.1 Å². The lowest BCUT2D eigenvalue weighted by Crippen LogP contribution is -2.15. The number of hydrogen-bond acceptors (Lipinski definition) is 5. The molecule has 0 radical (unpaired) electrons. The molecule has 0 aliphatic carbocycles. The zero-order valence-corrected chi connectivity index (χ0v) is 18.4. The zero-order valence-electron chi connectivity index (χ0n) is 18.4. The molecule has 6 heteroatoms. The molecule has 0 saturated carbocycles. The van der Waals surface area contributed by atoms with Gasteiger partial charge in [-0.25, -0.2) is 0 Å². The molecule has 0 aliphatic rings. The van der Waals surface area contributed by atoms with Crippen LogP contribution in [0.2, 0.25) is 0 Å². The number of phenols is 1. The van der Waals surface area contributed by atoms with E-state index in [1.54, 1.807) is 31.4 Å². The molecule has 3 aromatic rings. The van der Waals surface area contributed by atoms with Crippen molar-refractivity contribution >= 4 is 17.4 Å². The molecule has 0 aromatic heterocycles. The van der Waals surface area contributed by atoms with Gasteiger partial charge in [-0.15, -0.1) is 0 Å². The maximum atomic E-state index is 12.8. The SMILES string of the molecule is CC.COc1ccc(O)c(C(=O)Nc2cc(-c3ccccc3OC)ccc2C(C)=O)c1. The number of hydrogen-bond donors (Lipinski definition) is 2. The molecular formula is C25H27NO5. The van der Waals surface area contributed by atoms with Gasteiger partial charge < -0.3 is 19.9 Å². The van der Waals surface area contributed by atoms with Gasteiger partial charge in [0, 0.05) is 11.1 Å². The Morgan fingerprint density at radius 2 is 1.58 bits per heavy atom. The minimum absolute atomic E-state index is 0.0431. The summed E-state index contributed by atoms with van der Waals surface area (Å²) in [5, 5.41) is 12.8. The molecule has 0 atom stereocenters. The summed E-state index contributed by atoms with van der Waals surface area (Å²) in [7, 11) is 3.05. The molecule has 0 spiro atoms. The number of amides is 1. The zero-order chi connectivity index (χ0) is 23.0. The molecule has 0 bridgehead atoms. The molecule has 0 saturated heterocycles. The lowest BCUT2D eigenvalue weighted by Gasteiger charge is -2.14. The standard InChI is InChI=1S/C23H21NO5.C2H6/c1-14(25)17-10-8-15(18-6-4-5-7-22(18)29-3)12-20(17)24-23(27)19-13-16(28-2)9-11-21(19)26;1-2/h4-13,26H,1-3H3,(H,24,27);1-2H3. The lowest BCUT2D eigenvalue weighted by atomic mass is 9.99. The van der Waals surface area contributed by atoms with Gasteiger partial charge in [0.15, 0.2) is 5.78 Å². The summed E-state index contributed by atoms with van der Waals surface area (Å²) in [5.41, 5.74) is 2.34. The minimum Gasteiger partial charge on any atom is -0.507 e. The number of carbonyl (C=O) groups is 2. The highest BCUT2D eigenvalue weighted by atomic mass is 16.5. The number of ether oxygens (including phenoxy) is 2. The fraction of sp³-hybridized carbons (Fsp3) is 0.200. The first-order valence-corrected chi connectivity index (χ1v) is 9.91. The fourth-order valence-electron chi connectivity index (χ4n) is 3.02. The first-order chi connectivity index (χ1) is 14.9. The molecule has 0 unspecified atom stereocenters. The molecule has 0 fully saturated rings. The third-order valence-electron chi connectivity index (χ3n) is 4.51. The molecule has 6 nitrogen and oxygen atoms in total. The number of anilines is 1. The van der Waals surface area contributed by atoms with Crippen LogP contribution >= 0.6 is 0 Å². The van der Waals surface area contributed by atoms with E-state index in [1.165, 1.54) is 26.2 Å². The Balaban J connectivity index is 0.00000166. The first-order valence-electron chi connectivity index (χ1n) is 9.91. The van der Waals surface area contributed by atoms with Crippen LogP contribution in [0, 0.1) is 0 Å². The van der Waals surface area contributed by atoms with Crippen LogP contribution in [0.1, 0.15) is 41.5 Å². The smallest absolute Gasteiger partial charge is 0.259 e. The van der Waals surface area contributed by atoms with E-state index in [0.29, 0.717) is 22.7 Å². The second-order valence-electron chi connectivity index (χ2n) is 6.35. The highest BCUT2D eigenvalue weighted by Crippen LogP contribution is 2.33. The van der Waals surface area contributed by atoms with Crippen molar-refractivity contribution in [2.45, 2.75) is 20.8 Å². The van der Waals surface area contributed by atoms with Crippen molar-refractivity contribution in [2.75, 3.05) is 19.5 Å². The summed E-state index contributed by atoms with van der Waals surface area (Å²) in [6, 6.07) is 17.0. The van der Waals surface area contributed by atoms with E-state index in [9.17, 15) is 14.7 Å². The maximum Gasteiger partial charge on any atom is 0.259 e. The van der Waals surface area contributed by atoms with Gasteiger partial charge in [0.05, 0.1) is 25.5 Å². The summed E-state index contributed by atoms with van der Waals surface area (Å²) in [4.78, 5) is 24.9. The van der Waals surface area contributed by atoms with Crippen LogP contribution < -0.4 is 14.8 Å². The third kappa shape index (κ3) is 5.42.